The molecule has 4 aromatic rings. The quantitative estimate of drug-likeness (QED) is 0.538. The number of carbonyl (C=O) groups excluding carboxylic acids is 1. The van der Waals surface area contributed by atoms with Crippen molar-refractivity contribution in [3.8, 4) is 0 Å². The van der Waals surface area contributed by atoms with E-state index in [1.807, 2.05) is 24.3 Å². The van der Waals surface area contributed by atoms with Gasteiger partial charge < -0.3 is 9.72 Å². The molecule has 0 aliphatic carbocycles. The van der Waals surface area contributed by atoms with Crippen LogP contribution in [0.4, 0.5) is 0 Å². The third-order valence-corrected chi connectivity index (χ3v) is 4.46. The van der Waals surface area contributed by atoms with Crippen molar-refractivity contribution >= 4 is 38.5 Å². The van der Waals surface area contributed by atoms with Crippen molar-refractivity contribution in [3.63, 3.8) is 0 Å². The second kappa shape index (κ2) is 5.13. The van der Waals surface area contributed by atoms with Crippen molar-refractivity contribution < 1.29 is 9.53 Å². The minimum absolute atomic E-state index is 0.261. The fraction of sp³-hybridized carbons (Fsp3) is 0.150. The molecule has 0 fully saturated rings. The topological polar surface area (TPSA) is 42.1 Å². The van der Waals surface area contributed by atoms with Gasteiger partial charge in [0.25, 0.3) is 0 Å². The van der Waals surface area contributed by atoms with Crippen molar-refractivity contribution in [1.82, 2.24) is 4.98 Å². The zero-order chi connectivity index (χ0) is 16.0. The van der Waals surface area contributed by atoms with Crippen LogP contribution in [-0.4, -0.2) is 11.0 Å². The predicted molar refractivity (Wildman–Crippen MR) is 93.5 cm³/mol. The van der Waals surface area contributed by atoms with Crippen LogP contribution in [0, 0.1) is 6.92 Å². The molecule has 0 unspecified atom stereocenters. The number of fused-ring (bicyclic) bond motifs is 4. The van der Waals surface area contributed by atoms with Crippen LogP contribution >= 0.6 is 0 Å². The average molecular weight is 303 g/mol. The van der Waals surface area contributed by atoms with Gasteiger partial charge in [-0.1, -0.05) is 42.5 Å². The second-order valence-electron chi connectivity index (χ2n) is 5.85. The number of aromatic nitrogens is 1. The number of benzene rings is 3. The van der Waals surface area contributed by atoms with Crippen LogP contribution in [0.1, 0.15) is 18.1 Å². The number of rotatable bonds is 2. The predicted octanol–water partition coefficient (Wildman–Crippen LogP) is 4.85. The molecule has 0 bridgehead atoms. The highest BCUT2D eigenvalue weighted by molar-refractivity contribution is 6.16. The van der Waals surface area contributed by atoms with Crippen LogP contribution in [0.5, 0.6) is 0 Å². The van der Waals surface area contributed by atoms with E-state index in [1.165, 1.54) is 23.3 Å². The maximum atomic E-state index is 11.3. The number of hydrogen-bond donors (Lipinski definition) is 1. The molecule has 1 heterocycles. The van der Waals surface area contributed by atoms with E-state index in [2.05, 4.69) is 36.2 Å². The van der Waals surface area contributed by atoms with Gasteiger partial charge in [0.1, 0.15) is 6.61 Å². The highest BCUT2D eigenvalue weighted by Crippen LogP contribution is 2.37. The molecule has 0 spiro atoms. The molecule has 3 heteroatoms. The summed E-state index contributed by atoms with van der Waals surface area (Å²) >= 11 is 0. The first-order chi connectivity index (χ1) is 11.2. The number of nitrogens with one attached hydrogen (secondary N) is 1. The third-order valence-electron chi connectivity index (χ3n) is 4.46. The lowest BCUT2D eigenvalue weighted by Gasteiger charge is -2.12. The maximum Gasteiger partial charge on any atom is 0.302 e. The van der Waals surface area contributed by atoms with E-state index in [0.29, 0.717) is 0 Å². The zero-order valence-corrected chi connectivity index (χ0v) is 13.1. The van der Waals surface area contributed by atoms with Gasteiger partial charge in [-0.3, -0.25) is 4.79 Å². The first-order valence-electron chi connectivity index (χ1n) is 7.71. The van der Waals surface area contributed by atoms with E-state index in [1.54, 1.807) is 0 Å². The standard InChI is InChI=1S/C20H17NO2/c1-12-14-7-3-4-8-15(14)17(11-23-13(2)22)19-16-9-5-6-10-18(16)21-20(12)19/h3-10,21H,11H2,1-2H3. The summed E-state index contributed by atoms with van der Waals surface area (Å²) in [5.41, 5.74) is 4.50. The van der Waals surface area contributed by atoms with Gasteiger partial charge in [-0.25, -0.2) is 0 Å². The molecule has 0 saturated carbocycles. The summed E-state index contributed by atoms with van der Waals surface area (Å²) in [6.07, 6.45) is 0. The van der Waals surface area contributed by atoms with Crippen molar-refractivity contribution in [2.45, 2.75) is 20.5 Å². The van der Waals surface area contributed by atoms with Gasteiger partial charge in [-0.05, 0) is 29.3 Å². The van der Waals surface area contributed by atoms with Crippen molar-refractivity contribution in [2.75, 3.05) is 0 Å². The van der Waals surface area contributed by atoms with E-state index < -0.39 is 0 Å². The molecule has 0 amide bonds. The number of aromatic amines is 1. The number of hydrogen-bond acceptors (Lipinski definition) is 2. The van der Waals surface area contributed by atoms with Gasteiger partial charge in [0.15, 0.2) is 0 Å². The first kappa shape index (κ1) is 13.8. The number of para-hydroxylation sites is 1. The van der Waals surface area contributed by atoms with E-state index >= 15 is 0 Å². The van der Waals surface area contributed by atoms with Crippen LogP contribution in [0.2, 0.25) is 0 Å². The smallest absolute Gasteiger partial charge is 0.302 e. The molecule has 23 heavy (non-hydrogen) atoms. The normalized spacial score (nSPS) is 11.4. The number of H-pyrrole nitrogens is 1. The van der Waals surface area contributed by atoms with Crippen molar-refractivity contribution in [1.29, 1.82) is 0 Å². The molecule has 1 aromatic heterocycles. The number of ether oxygens (including phenoxy) is 1. The largest absolute Gasteiger partial charge is 0.461 e. The monoisotopic (exact) mass is 303 g/mol. The molecule has 3 nitrogen and oxygen atoms in total. The zero-order valence-electron chi connectivity index (χ0n) is 13.1. The van der Waals surface area contributed by atoms with Crippen molar-refractivity contribution in [3.05, 3.63) is 59.7 Å². The SMILES string of the molecule is CC(=O)OCc1c2ccccc2c(C)c2[nH]c3ccccc3c12. The lowest BCUT2D eigenvalue weighted by Crippen LogP contribution is -2.01. The van der Waals surface area contributed by atoms with Crippen LogP contribution in [-0.2, 0) is 16.1 Å². The third kappa shape index (κ3) is 2.08. The lowest BCUT2D eigenvalue weighted by atomic mass is 9.95. The Morgan fingerprint density at radius 1 is 1.00 bits per heavy atom. The van der Waals surface area contributed by atoms with Crippen LogP contribution in [0.15, 0.2) is 48.5 Å². The van der Waals surface area contributed by atoms with Crippen molar-refractivity contribution in [2.24, 2.45) is 0 Å². The minimum atomic E-state index is -0.261. The maximum absolute atomic E-state index is 11.3. The summed E-state index contributed by atoms with van der Waals surface area (Å²) in [6, 6.07) is 16.5. The van der Waals surface area contributed by atoms with Gasteiger partial charge in [0.05, 0.1) is 5.52 Å². The summed E-state index contributed by atoms with van der Waals surface area (Å²) in [4.78, 5) is 14.9. The Bertz CT molecular complexity index is 1060. The van der Waals surface area contributed by atoms with Crippen LogP contribution in [0.25, 0.3) is 32.6 Å². The molecule has 0 radical (unpaired) electrons. The Hall–Kier alpha value is -2.81. The summed E-state index contributed by atoms with van der Waals surface area (Å²) in [5.74, 6) is -0.261. The van der Waals surface area contributed by atoms with Gasteiger partial charge in [0.2, 0.25) is 0 Å². The van der Waals surface area contributed by atoms with Gasteiger partial charge in [-0.2, -0.15) is 0 Å². The Balaban J connectivity index is 2.18. The highest BCUT2D eigenvalue weighted by Gasteiger charge is 2.16. The minimum Gasteiger partial charge on any atom is -0.461 e. The number of esters is 1. The Labute approximate surface area is 133 Å². The fourth-order valence-corrected chi connectivity index (χ4v) is 3.40. The first-order valence-corrected chi connectivity index (χ1v) is 7.71. The molecule has 0 saturated heterocycles. The second-order valence-corrected chi connectivity index (χ2v) is 5.85. The van der Waals surface area contributed by atoms with E-state index in [-0.39, 0.29) is 12.6 Å². The fourth-order valence-electron chi connectivity index (χ4n) is 3.40. The lowest BCUT2D eigenvalue weighted by molar-refractivity contribution is -0.142. The van der Waals surface area contributed by atoms with Crippen LogP contribution < -0.4 is 0 Å². The molecule has 3 aromatic carbocycles. The van der Waals surface area contributed by atoms with E-state index in [0.717, 1.165) is 27.4 Å². The Morgan fingerprint density at radius 2 is 1.65 bits per heavy atom. The molecular weight excluding hydrogens is 286 g/mol. The molecule has 4 rings (SSSR count). The molecule has 0 aliphatic rings. The Kier molecular flexibility index (Phi) is 3.08. The van der Waals surface area contributed by atoms with Gasteiger partial charge >= 0.3 is 5.97 Å². The van der Waals surface area contributed by atoms with E-state index in [4.69, 9.17) is 4.74 Å². The summed E-state index contributed by atoms with van der Waals surface area (Å²) in [5, 5.41) is 4.65. The average Bonchev–Trinajstić information content (AvgIpc) is 2.94. The van der Waals surface area contributed by atoms with Crippen LogP contribution in [0.3, 0.4) is 0 Å². The molecular formula is C20H17NO2. The number of aryl methyl sites for hydroxylation is 1. The summed E-state index contributed by atoms with van der Waals surface area (Å²) in [7, 11) is 0. The highest BCUT2D eigenvalue weighted by atomic mass is 16.5. The van der Waals surface area contributed by atoms with E-state index in [9.17, 15) is 4.79 Å². The number of carbonyl (C=O) groups is 1. The Morgan fingerprint density at radius 3 is 2.39 bits per heavy atom. The summed E-state index contributed by atoms with van der Waals surface area (Å²) in [6.45, 7) is 3.87. The van der Waals surface area contributed by atoms with Gasteiger partial charge in [0, 0.05) is 28.8 Å². The molecule has 114 valence electrons. The molecule has 0 atom stereocenters. The van der Waals surface area contributed by atoms with Gasteiger partial charge in [-0.15, -0.1) is 0 Å². The summed E-state index contributed by atoms with van der Waals surface area (Å²) < 4.78 is 5.35. The molecule has 0 aliphatic heterocycles. The molecule has 1 N–H and O–H groups in total.